The predicted octanol–water partition coefficient (Wildman–Crippen LogP) is 3.32. The van der Waals surface area contributed by atoms with Crippen molar-refractivity contribution < 1.29 is 4.39 Å². The largest absolute Gasteiger partial charge is 0.284 e. The maximum absolute atomic E-state index is 13.6. The van der Waals surface area contributed by atoms with Crippen molar-refractivity contribution in [1.29, 1.82) is 5.26 Å². The second-order valence-corrected chi connectivity index (χ2v) is 4.81. The highest BCUT2D eigenvalue weighted by molar-refractivity contribution is 9.10. The average molecular weight is 285 g/mol. The summed E-state index contributed by atoms with van der Waals surface area (Å²) < 4.78 is 14.3. The van der Waals surface area contributed by atoms with Gasteiger partial charge in [-0.25, -0.2) is 4.39 Å². The van der Waals surface area contributed by atoms with Crippen LogP contribution in [0.15, 0.2) is 22.7 Å². The molecule has 0 bridgehead atoms. The summed E-state index contributed by atoms with van der Waals surface area (Å²) in [6, 6.07) is 7.31. The maximum atomic E-state index is 13.6. The summed E-state index contributed by atoms with van der Waals surface area (Å²) in [7, 11) is 0. The highest BCUT2D eigenvalue weighted by Gasteiger charge is 2.12. The van der Waals surface area contributed by atoms with Gasteiger partial charge in [0, 0.05) is 22.6 Å². The Morgan fingerprint density at radius 3 is 2.69 bits per heavy atom. The molecule has 0 heterocycles. The number of benzene rings is 1. The van der Waals surface area contributed by atoms with E-state index in [0.717, 1.165) is 4.47 Å². The molecule has 0 fully saturated rings. The van der Waals surface area contributed by atoms with E-state index < -0.39 is 0 Å². The summed E-state index contributed by atoms with van der Waals surface area (Å²) in [5, 5.41) is 8.68. The Kier molecular flexibility index (Phi) is 4.91. The molecule has 4 heteroatoms. The molecule has 0 spiro atoms. The quantitative estimate of drug-likeness (QED) is 0.793. The first-order valence-corrected chi connectivity index (χ1v) is 5.89. The van der Waals surface area contributed by atoms with Gasteiger partial charge >= 0.3 is 0 Å². The monoisotopic (exact) mass is 284 g/mol. The van der Waals surface area contributed by atoms with E-state index in [1.807, 2.05) is 24.8 Å². The minimum atomic E-state index is -0.238. The standard InChI is InChI=1S/C12H14BrFN2/c1-9(2)16(6-5-15)8-10-3-4-11(13)7-12(10)14/h3-4,7,9H,6,8H2,1-2H3. The first-order valence-electron chi connectivity index (χ1n) is 5.09. The number of nitriles is 1. The van der Waals surface area contributed by atoms with Crippen LogP contribution in [0.4, 0.5) is 4.39 Å². The number of hydrogen-bond donors (Lipinski definition) is 0. The van der Waals surface area contributed by atoms with Gasteiger partial charge in [0.2, 0.25) is 0 Å². The summed E-state index contributed by atoms with van der Waals surface area (Å²) in [4.78, 5) is 1.92. The zero-order valence-corrected chi connectivity index (χ0v) is 11.0. The van der Waals surface area contributed by atoms with Crippen molar-refractivity contribution in [3.8, 4) is 6.07 Å². The molecule has 86 valence electrons. The number of hydrogen-bond acceptors (Lipinski definition) is 2. The second kappa shape index (κ2) is 5.97. The van der Waals surface area contributed by atoms with Crippen LogP contribution in [0.25, 0.3) is 0 Å². The molecule has 0 aliphatic carbocycles. The lowest BCUT2D eigenvalue weighted by Crippen LogP contribution is -2.30. The van der Waals surface area contributed by atoms with E-state index in [1.165, 1.54) is 6.07 Å². The maximum Gasteiger partial charge on any atom is 0.128 e. The molecule has 1 aromatic rings. The van der Waals surface area contributed by atoms with Crippen LogP contribution in [0.3, 0.4) is 0 Å². The van der Waals surface area contributed by atoms with E-state index in [9.17, 15) is 4.39 Å². The highest BCUT2D eigenvalue weighted by atomic mass is 79.9. The Labute approximate surface area is 104 Å². The summed E-state index contributed by atoms with van der Waals surface area (Å²) in [5.74, 6) is -0.238. The molecule has 0 aliphatic rings. The van der Waals surface area contributed by atoms with Crippen molar-refractivity contribution in [3.63, 3.8) is 0 Å². The molecule has 0 N–H and O–H groups in total. The van der Waals surface area contributed by atoms with Gasteiger partial charge in [-0.2, -0.15) is 5.26 Å². The van der Waals surface area contributed by atoms with E-state index in [-0.39, 0.29) is 11.9 Å². The molecule has 0 saturated carbocycles. The van der Waals surface area contributed by atoms with Crippen molar-refractivity contribution in [1.82, 2.24) is 4.90 Å². The molecule has 16 heavy (non-hydrogen) atoms. The molecular formula is C12H14BrFN2. The zero-order valence-electron chi connectivity index (χ0n) is 9.37. The summed E-state index contributed by atoms with van der Waals surface area (Å²) >= 11 is 3.22. The first kappa shape index (κ1) is 13.1. The van der Waals surface area contributed by atoms with Crippen LogP contribution < -0.4 is 0 Å². The normalized spacial score (nSPS) is 10.8. The lowest BCUT2D eigenvalue weighted by Gasteiger charge is -2.23. The van der Waals surface area contributed by atoms with Crippen molar-refractivity contribution in [2.45, 2.75) is 26.4 Å². The first-order chi connectivity index (χ1) is 7.54. The zero-order chi connectivity index (χ0) is 12.1. The fraction of sp³-hybridized carbons (Fsp3) is 0.417. The van der Waals surface area contributed by atoms with Crippen LogP contribution in [0.1, 0.15) is 19.4 Å². The average Bonchev–Trinajstić information content (AvgIpc) is 2.20. The molecule has 1 aromatic carbocycles. The second-order valence-electron chi connectivity index (χ2n) is 3.89. The van der Waals surface area contributed by atoms with Gasteiger partial charge in [0.1, 0.15) is 5.82 Å². The van der Waals surface area contributed by atoms with Gasteiger partial charge in [0.25, 0.3) is 0 Å². The fourth-order valence-electron chi connectivity index (χ4n) is 1.38. The molecular weight excluding hydrogens is 271 g/mol. The van der Waals surface area contributed by atoms with Gasteiger partial charge in [0.15, 0.2) is 0 Å². The lowest BCUT2D eigenvalue weighted by molar-refractivity contribution is 0.237. The molecule has 0 amide bonds. The minimum absolute atomic E-state index is 0.225. The Morgan fingerprint density at radius 1 is 1.50 bits per heavy atom. The number of rotatable bonds is 4. The molecule has 0 atom stereocenters. The van der Waals surface area contributed by atoms with Gasteiger partial charge in [-0.05, 0) is 26.0 Å². The molecule has 2 nitrogen and oxygen atoms in total. The summed E-state index contributed by atoms with van der Waals surface area (Å²) in [6.45, 7) is 4.76. The molecule has 0 unspecified atom stereocenters. The van der Waals surface area contributed by atoms with E-state index in [2.05, 4.69) is 22.0 Å². The third kappa shape index (κ3) is 3.58. The van der Waals surface area contributed by atoms with E-state index in [1.54, 1.807) is 6.07 Å². The van der Waals surface area contributed by atoms with Crippen LogP contribution in [0.5, 0.6) is 0 Å². The number of halogens is 2. The minimum Gasteiger partial charge on any atom is -0.284 e. The molecule has 0 radical (unpaired) electrons. The molecule has 0 aliphatic heterocycles. The third-order valence-corrected chi connectivity index (χ3v) is 2.89. The van der Waals surface area contributed by atoms with E-state index in [0.29, 0.717) is 18.7 Å². The van der Waals surface area contributed by atoms with Crippen molar-refractivity contribution >= 4 is 15.9 Å². The van der Waals surface area contributed by atoms with Gasteiger partial charge in [-0.1, -0.05) is 22.0 Å². The summed E-state index contributed by atoms with van der Waals surface area (Å²) in [5.41, 5.74) is 0.618. The summed E-state index contributed by atoms with van der Waals surface area (Å²) in [6.07, 6.45) is 0. The molecule has 0 aromatic heterocycles. The van der Waals surface area contributed by atoms with Crippen LogP contribution in [-0.2, 0) is 6.54 Å². The Bertz CT molecular complexity index is 398. The number of nitrogens with zero attached hydrogens (tertiary/aromatic N) is 2. The van der Waals surface area contributed by atoms with Gasteiger partial charge < -0.3 is 0 Å². The Hall–Kier alpha value is -0.920. The smallest absolute Gasteiger partial charge is 0.128 e. The van der Waals surface area contributed by atoms with Crippen LogP contribution in [0, 0.1) is 17.1 Å². The van der Waals surface area contributed by atoms with Crippen molar-refractivity contribution in [3.05, 3.63) is 34.1 Å². The lowest BCUT2D eigenvalue weighted by atomic mass is 10.2. The SMILES string of the molecule is CC(C)N(CC#N)Cc1ccc(Br)cc1F. The van der Waals surface area contributed by atoms with E-state index >= 15 is 0 Å². The van der Waals surface area contributed by atoms with Gasteiger partial charge in [-0.15, -0.1) is 0 Å². The third-order valence-electron chi connectivity index (χ3n) is 2.39. The van der Waals surface area contributed by atoms with Crippen LogP contribution in [0.2, 0.25) is 0 Å². The van der Waals surface area contributed by atoms with Gasteiger partial charge in [-0.3, -0.25) is 4.90 Å². The van der Waals surface area contributed by atoms with Crippen molar-refractivity contribution in [2.75, 3.05) is 6.54 Å². The molecule has 1 rings (SSSR count). The van der Waals surface area contributed by atoms with E-state index in [4.69, 9.17) is 5.26 Å². The molecule has 0 saturated heterocycles. The Morgan fingerprint density at radius 2 is 2.19 bits per heavy atom. The highest BCUT2D eigenvalue weighted by Crippen LogP contribution is 2.17. The fourth-order valence-corrected chi connectivity index (χ4v) is 1.71. The predicted molar refractivity (Wildman–Crippen MR) is 65.3 cm³/mol. The van der Waals surface area contributed by atoms with Crippen molar-refractivity contribution in [2.24, 2.45) is 0 Å². The van der Waals surface area contributed by atoms with Gasteiger partial charge in [0.05, 0.1) is 12.6 Å². The Balaban J connectivity index is 2.82. The van der Waals surface area contributed by atoms with Crippen LogP contribution >= 0.6 is 15.9 Å². The topological polar surface area (TPSA) is 27.0 Å². The van der Waals surface area contributed by atoms with Crippen LogP contribution in [-0.4, -0.2) is 17.5 Å².